The smallest absolute Gasteiger partial charge is 0.160 e. The van der Waals surface area contributed by atoms with Crippen molar-refractivity contribution in [2.75, 3.05) is 0 Å². The standard InChI is InChI=1S/C70H46N2/c1-6-23-47(24-7-1)68-71-65(46-66(72-68)61-38-22-37-60-57-36-19-21-40-63(57)70(67(60)61,51-29-12-4-13-30-51)52-31-14-5-15-32-52)59-44-43-53(54-33-16-17-34-55(54)59)48-41-42-58-56-35-18-20-39-62(56)69(64(58)45-48,49-25-8-2-9-26-49)50-27-10-3-11-28-50/h1-46H. The molecular weight excluding hydrogens is 869 g/mol. The van der Waals surface area contributed by atoms with Crippen LogP contribution in [0.15, 0.2) is 279 Å². The van der Waals surface area contributed by atoms with Crippen LogP contribution in [-0.4, -0.2) is 9.97 Å². The Labute approximate surface area is 420 Å². The molecule has 0 saturated carbocycles. The summed E-state index contributed by atoms with van der Waals surface area (Å²) in [4.78, 5) is 11.0. The molecule has 2 aliphatic rings. The van der Waals surface area contributed by atoms with Crippen molar-refractivity contribution in [2.24, 2.45) is 0 Å². The van der Waals surface area contributed by atoms with Gasteiger partial charge in [-0.05, 0) is 101 Å². The maximum absolute atomic E-state index is 5.54. The number of aromatic nitrogens is 2. The lowest BCUT2D eigenvalue weighted by molar-refractivity contribution is 0.769. The molecule has 0 spiro atoms. The second-order valence-electron chi connectivity index (χ2n) is 19.1. The van der Waals surface area contributed by atoms with Crippen LogP contribution in [0.2, 0.25) is 0 Å². The molecule has 0 unspecified atom stereocenters. The number of fused-ring (bicyclic) bond motifs is 7. The minimum Gasteiger partial charge on any atom is -0.228 e. The van der Waals surface area contributed by atoms with Gasteiger partial charge < -0.3 is 0 Å². The average Bonchev–Trinajstić information content (AvgIpc) is 3.95. The largest absolute Gasteiger partial charge is 0.228 e. The number of hydrogen-bond acceptors (Lipinski definition) is 2. The maximum atomic E-state index is 5.54. The van der Waals surface area contributed by atoms with Gasteiger partial charge in [0.1, 0.15) is 0 Å². The molecule has 0 atom stereocenters. The summed E-state index contributed by atoms with van der Waals surface area (Å²) in [5.74, 6) is 0.686. The summed E-state index contributed by atoms with van der Waals surface area (Å²) >= 11 is 0. The highest BCUT2D eigenvalue weighted by Gasteiger charge is 2.48. The summed E-state index contributed by atoms with van der Waals surface area (Å²) in [5, 5.41) is 2.30. The predicted molar refractivity (Wildman–Crippen MR) is 296 cm³/mol. The van der Waals surface area contributed by atoms with Crippen LogP contribution in [0, 0.1) is 0 Å². The Bertz CT molecular complexity index is 3940. The van der Waals surface area contributed by atoms with Gasteiger partial charge >= 0.3 is 0 Å². The van der Waals surface area contributed by atoms with Crippen LogP contribution in [0.1, 0.15) is 44.5 Å². The fourth-order valence-corrected chi connectivity index (χ4v) is 12.5. The second kappa shape index (κ2) is 16.7. The molecule has 0 N–H and O–H groups in total. The van der Waals surface area contributed by atoms with Gasteiger partial charge in [-0.3, -0.25) is 0 Å². The molecule has 0 amide bonds. The Hall–Kier alpha value is -9.24. The van der Waals surface area contributed by atoms with Crippen LogP contribution in [0.5, 0.6) is 0 Å². The van der Waals surface area contributed by atoms with E-state index in [4.69, 9.17) is 9.97 Å². The number of benzene rings is 11. The van der Waals surface area contributed by atoms with Gasteiger partial charge in [-0.2, -0.15) is 0 Å². The zero-order valence-corrected chi connectivity index (χ0v) is 39.5. The summed E-state index contributed by atoms with van der Waals surface area (Å²) in [6.07, 6.45) is 0. The van der Waals surface area contributed by atoms with E-state index < -0.39 is 10.8 Å². The Morgan fingerprint density at radius 3 is 1.24 bits per heavy atom. The third-order valence-corrected chi connectivity index (χ3v) is 15.5. The minimum atomic E-state index is -0.604. The fraction of sp³-hybridized carbons (Fsp3) is 0.0286. The molecule has 2 aliphatic carbocycles. The summed E-state index contributed by atoms with van der Waals surface area (Å²) in [5.41, 5.74) is 21.1. The molecule has 14 rings (SSSR count). The average molecular weight is 915 g/mol. The van der Waals surface area contributed by atoms with Crippen molar-refractivity contribution >= 4 is 10.8 Å². The molecule has 2 nitrogen and oxygen atoms in total. The van der Waals surface area contributed by atoms with Crippen LogP contribution in [-0.2, 0) is 10.8 Å². The molecular formula is C70H46N2. The van der Waals surface area contributed by atoms with E-state index >= 15 is 0 Å². The van der Waals surface area contributed by atoms with Gasteiger partial charge in [-0.25, -0.2) is 9.97 Å². The topological polar surface area (TPSA) is 25.8 Å². The minimum absolute atomic E-state index is 0.497. The van der Waals surface area contributed by atoms with Crippen molar-refractivity contribution in [3.63, 3.8) is 0 Å². The lowest BCUT2D eigenvalue weighted by Crippen LogP contribution is -2.29. The molecule has 11 aromatic carbocycles. The number of nitrogens with zero attached hydrogens (tertiary/aromatic N) is 2. The molecule has 0 radical (unpaired) electrons. The number of hydrogen-bond donors (Lipinski definition) is 0. The van der Waals surface area contributed by atoms with Crippen molar-refractivity contribution in [3.05, 3.63) is 324 Å². The van der Waals surface area contributed by atoms with Gasteiger partial charge in [0.15, 0.2) is 5.82 Å². The molecule has 336 valence electrons. The molecule has 0 aliphatic heterocycles. The molecule has 0 fully saturated rings. The SMILES string of the molecule is c1ccc(-c2nc(-c3cccc4c3C(c3ccccc3)(c3ccccc3)c3ccccc3-4)cc(-c3ccc(-c4ccc5c(c4)C(c4ccccc4)(c4ccccc4)c4ccccc4-5)c4ccccc34)n2)cc1. The monoisotopic (exact) mass is 914 g/mol. The first-order chi connectivity index (χ1) is 35.7. The Balaban J connectivity index is 0.987. The molecule has 1 aromatic heterocycles. The summed E-state index contributed by atoms with van der Waals surface area (Å²) < 4.78 is 0. The van der Waals surface area contributed by atoms with Crippen LogP contribution in [0.4, 0.5) is 0 Å². The second-order valence-corrected chi connectivity index (χ2v) is 19.1. The Kier molecular flexibility index (Phi) is 9.69. The van der Waals surface area contributed by atoms with E-state index in [1.54, 1.807) is 0 Å². The molecule has 72 heavy (non-hydrogen) atoms. The summed E-state index contributed by atoms with van der Waals surface area (Å²) in [6.45, 7) is 0. The van der Waals surface area contributed by atoms with Gasteiger partial charge in [-0.1, -0.05) is 267 Å². The first kappa shape index (κ1) is 41.7. The van der Waals surface area contributed by atoms with E-state index in [1.807, 2.05) is 0 Å². The van der Waals surface area contributed by atoms with Gasteiger partial charge in [0.2, 0.25) is 0 Å². The van der Waals surface area contributed by atoms with Crippen molar-refractivity contribution in [2.45, 2.75) is 10.8 Å². The first-order valence-corrected chi connectivity index (χ1v) is 24.9. The van der Waals surface area contributed by atoms with Gasteiger partial charge in [0.25, 0.3) is 0 Å². The summed E-state index contributed by atoms with van der Waals surface area (Å²) in [7, 11) is 0. The third-order valence-electron chi connectivity index (χ3n) is 15.5. The van der Waals surface area contributed by atoms with Gasteiger partial charge in [-0.15, -0.1) is 0 Å². The van der Waals surface area contributed by atoms with Crippen LogP contribution in [0.3, 0.4) is 0 Å². The normalized spacial score (nSPS) is 13.5. The highest BCUT2D eigenvalue weighted by molar-refractivity contribution is 6.05. The zero-order chi connectivity index (χ0) is 47.6. The van der Waals surface area contributed by atoms with E-state index in [2.05, 4.69) is 279 Å². The van der Waals surface area contributed by atoms with Crippen LogP contribution >= 0.6 is 0 Å². The lowest BCUT2D eigenvalue weighted by atomic mass is 9.66. The Morgan fingerprint density at radius 2 is 0.639 bits per heavy atom. The van der Waals surface area contributed by atoms with E-state index in [9.17, 15) is 0 Å². The quantitative estimate of drug-likeness (QED) is 0.152. The molecule has 1 heterocycles. The zero-order valence-electron chi connectivity index (χ0n) is 39.5. The van der Waals surface area contributed by atoms with Crippen molar-refractivity contribution in [1.82, 2.24) is 9.97 Å². The van der Waals surface area contributed by atoms with Crippen molar-refractivity contribution < 1.29 is 0 Å². The van der Waals surface area contributed by atoms with Crippen molar-refractivity contribution in [1.29, 1.82) is 0 Å². The number of rotatable bonds is 8. The fourth-order valence-electron chi connectivity index (χ4n) is 12.5. The van der Waals surface area contributed by atoms with Crippen molar-refractivity contribution in [3.8, 4) is 67.3 Å². The van der Waals surface area contributed by atoms with Crippen LogP contribution in [0.25, 0.3) is 78.1 Å². The Morgan fingerprint density at radius 1 is 0.236 bits per heavy atom. The molecule has 12 aromatic rings. The third kappa shape index (κ3) is 6.16. The van der Waals surface area contributed by atoms with Gasteiger partial charge in [0, 0.05) is 16.7 Å². The highest BCUT2D eigenvalue weighted by Crippen LogP contribution is 2.60. The molecule has 0 saturated heterocycles. The van der Waals surface area contributed by atoms with E-state index in [1.165, 1.54) is 83.3 Å². The van der Waals surface area contributed by atoms with Gasteiger partial charge in [0.05, 0.1) is 22.2 Å². The first-order valence-electron chi connectivity index (χ1n) is 24.9. The van der Waals surface area contributed by atoms with E-state index in [0.717, 1.165) is 33.5 Å². The maximum Gasteiger partial charge on any atom is 0.160 e. The van der Waals surface area contributed by atoms with E-state index in [0.29, 0.717) is 5.82 Å². The molecule has 0 bridgehead atoms. The molecule has 2 heteroatoms. The van der Waals surface area contributed by atoms with E-state index in [-0.39, 0.29) is 0 Å². The van der Waals surface area contributed by atoms with Crippen LogP contribution < -0.4 is 0 Å². The summed E-state index contributed by atoms with van der Waals surface area (Å²) in [6, 6.07) is 102. The highest BCUT2D eigenvalue weighted by atomic mass is 14.9. The predicted octanol–water partition coefficient (Wildman–Crippen LogP) is 17.0. The lowest BCUT2D eigenvalue weighted by Gasteiger charge is -2.35.